The Morgan fingerprint density at radius 3 is 2.57 bits per heavy atom. The number of carboxylic acid groups (broad SMARTS) is 1. The fourth-order valence-electron chi connectivity index (χ4n) is 2.00. The van der Waals surface area contributed by atoms with Crippen LogP contribution >= 0.6 is 0 Å². The Balaban J connectivity index is 2.38. The number of nitrogens with one attached hydrogen (secondary N) is 1. The quantitative estimate of drug-likeness (QED) is 0.713. The lowest BCUT2D eigenvalue weighted by Crippen LogP contribution is -2.38. The van der Waals surface area contributed by atoms with Gasteiger partial charge >= 0.3 is 5.97 Å². The summed E-state index contributed by atoms with van der Waals surface area (Å²) in [6.07, 6.45) is 4.23. The van der Waals surface area contributed by atoms with E-state index in [0.717, 1.165) is 19.3 Å². The minimum atomic E-state index is -0.984. The molecule has 4 nitrogen and oxygen atoms in total. The monoisotopic (exact) mass is 199 g/mol. The second-order valence-electron chi connectivity index (χ2n) is 3.98. The summed E-state index contributed by atoms with van der Waals surface area (Å²) in [4.78, 5) is 21.8. The smallest absolute Gasteiger partial charge is 0.322 e. The van der Waals surface area contributed by atoms with Gasteiger partial charge in [0.15, 0.2) is 0 Å². The first-order valence-corrected chi connectivity index (χ1v) is 5.10. The summed E-state index contributed by atoms with van der Waals surface area (Å²) in [6, 6.07) is 0. The van der Waals surface area contributed by atoms with Gasteiger partial charge in [0.2, 0.25) is 5.91 Å². The highest BCUT2D eigenvalue weighted by Crippen LogP contribution is 2.29. The topological polar surface area (TPSA) is 66.4 Å². The van der Waals surface area contributed by atoms with Crippen LogP contribution < -0.4 is 5.32 Å². The number of rotatable bonds is 3. The molecule has 2 atom stereocenters. The molecule has 1 amide bonds. The predicted octanol–water partition coefficient (Wildman–Crippen LogP) is 1.01. The van der Waals surface area contributed by atoms with Crippen molar-refractivity contribution in [3.8, 4) is 0 Å². The summed E-state index contributed by atoms with van der Waals surface area (Å²) in [5.74, 6) is -0.679. The lowest BCUT2D eigenvalue weighted by atomic mass is 9.80. The molecule has 1 aliphatic carbocycles. The van der Waals surface area contributed by atoms with Crippen molar-refractivity contribution < 1.29 is 14.7 Å². The van der Waals surface area contributed by atoms with E-state index in [2.05, 4.69) is 12.2 Å². The van der Waals surface area contributed by atoms with Crippen LogP contribution in [0.2, 0.25) is 0 Å². The lowest BCUT2D eigenvalue weighted by molar-refractivity contribution is -0.139. The molecule has 2 N–H and O–H groups in total. The number of hydrogen-bond acceptors (Lipinski definition) is 2. The summed E-state index contributed by atoms with van der Waals surface area (Å²) >= 11 is 0. The number of hydrogen-bond donors (Lipinski definition) is 2. The molecule has 80 valence electrons. The summed E-state index contributed by atoms with van der Waals surface area (Å²) in [5, 5.41) is 10.9. The Labute approximate surface area is 83.7 Å². The number of amides is 1. The van der Waals surface area contributed by atoms with Gasteiger partial charge in [0, 0.05) is 5.92 Å². The second-order valence-corrected chi connectivity index (χ2v) is 3.98. The molecule has 0 heterocycles. The maximum Gasteiger partial charge on any atom is 0.322 e. The fourth-order valence-corrected chi connectivity index (χ4v) is 2.00. The molecule has 0 unspecified atom stereocenters. The summed E-state index contributed by atoms with van der Waals surface area (Å²) in [6.45, 7) is 1.80. The molecule has 0 aliphatic heterocycles. The van der Waals surface area contributed by atoms with E-state index >= 15 is 0 Å². The van der Waals surface area contributed by atoms with Gasteiger partial charge in [-0.2, -0.15) is 0 Å². The van der Waals surface area contributed by atoms with E-state index < -0.39 is 5.97 Å². The van der Waals surface area contributed by atoms with Crippen molar-refractivity contribution in [2.45, 2.75) is 32.6 Å². The Hall–Kier alpha value is -1.06. The van der Waals surface area contributed by atoms with E-state index in [1.54, 1.807) is 0 Å². The van der Waals surface area contributed by atoms with E-state index in [0.29, 0.717) is 5.92 Å². The molecule has 4 heteroatoms. The highest BCUT2D eigenvalue weighted by Gasteiger charge is 2.27. The molecule has 0 saturated heterocycles. The fraction of sp³-hybridized carbons (Fsp3) is 0.800. The van der Waals surface area contributed by atoms with Crippen molar-refractivity contribution in [2.75, 3.05) is 6.54 Å². The van der Waals surface area contributed by atoms with Crippen molar-refractivity contribution >= 4 is 11.9 Å². The Morgan fingerprint density at radius 1 is 1.36 bits per heavy atom. The van der Waals surface area contributed by atoms with Crippen LogP contribution in [0.5, 0.6) is 0 Å². The van der Waals surface area contributed by atoms with Gasteiger partial charge in [-0.05, 0) is 18.8 Å². The van der Waals surface area contributed by atoms with Gasteiger partial charge in [0.25, 0.3) is 0 Å². The minimum Gasteiger partial charge on any atom is -0.480 e. The van der Waals surface area contributed by atoms with Crippen LogP contribution in [0.15, 0.2) is 0 Å². The average Bonchev–Trinajstić information content (AvgIpc) is 2.15. The predicted molar refractivity (Wildman–Crippen MR) is 51.8 cm³/mol. The zero-order valence-corrected chi connectivity index (χ0v) is 8.45. The average molecular weight is 199 g/mol. The van der Waals surface area contributed by atoms with E-state index in [4.69, 9.17) is 5.11 Å². The molecular weight excluding hydrogens is 182 g/mol. The zero-order valence-electron chi connectivity index (χ0n) is 8.45. The van der Waals surface area contributed by atoms with Crippen LogP contribution in [-0.4, -0.2) is 23.5 Å². The first-order chi connectivity index (χ1) is 6.61. The third-order valence-electron chi connectivity index (χ3n) is 2.86. The summed E-state index contributed by atoms with van der Waals surface area (Å²) in [5.41, 5.74) is 0. The first-order valence-electron chi connectivity index (χ1n) is 5.10. The van der Waals surface area contributed by atoms with Crippen LogP contribution in [-0.2, 0) is 9.59 Å². The van der Waals surface area contributed by atoms with E-state index in [9.17, 15) is 9.59 Å². The molecule has 1 aliphatic rings. The van der Waals surface area contributed by atoms with Crippen molar-refractivity contribution in [2.24, 2.45) is 11.8 Å². The molecule has 0 bridgehead atoms. The van der Waals surface area contributed by atoms with Gasteiger partial charge < -0.3 is 10.4 Å². The summed E-state index contributed by atoms with van der Waals surface area (Å²) < 4.78 is 0. The van der Waals surface area contributed by atoms with Gasteiger partial charge in [-0.3, -0.25) is 9.59 Å². The number of carbonyl (C=O) groups is 2. The van der Waals surface area contributed by atoms with Crippen molar-refractivity contribution in [1.82, 2.24) is 5.32 Å². The molecule has 0 aromatic heterocycles. The highest BCUT2D eigenvalue weighted by molar-refractivity contribution is 5.83. The molecule has 0 aromatic rings. The van der Waals surface area contributed by atoms with Crippen LogP contribution in [0.25, 0.3) is 0 Å². The Kier molecular flexibility index (Phi) is 3.92. The third kappa shape index (κ3) is 3.01. The first kappa shape index (κ1) is 11.0. The summed E-state index contributed by atoms with van der Waals surface area (Å²) in [7, 11) is 0. The lowest BCUT2D eigenvalue weighted by Gasteiger charge is -2.27. The third-order valence-corrected chi connectivity index (χ3v) is 2.86. The van der Waals surface area contributed by atoms with Crippen LogP contribution in [0.1, 0.15) is 32.6 Å². The number of aliphatic carboxylic acids is 1. The normalized spacial score (nSPS) is 26.9. The molecule has 0 aromatic carbocycles. The van der Waals surface area contributed by atoms with Crippen molar-refractivity contribution in [3.63, 3.8) is 0 Å². The van der Waals surface area contributed by atoms with Gasteiger partial charge in [-0.25, -0.2) is 0 Å². The van der Waals surface area contributed by atoms with E-state index in [-0.39, 0.29) is 18.4 Å². The molecule has 14 heavy (non-hydrogen) atoms. The van der Waals surface area contributed by atoms with Gasteiger partial charge in [-0.15, -0.1) is 0 Å². The standard InChI is InChI=1S/C10H17NO3/c1-7-4-2-3-5-8(7)10(14)11-6-9(12)13/h7-8H,2-6H2,1H3,(H,11,14)(H,12,13)/t7-,8+/m0/s1. The Morgan fingerprint density at radius 2 is 2.00 bits per heavy atom. The number of carbonyl (C=O) groups excluding carboxylic acids is 1. The van der Waals surface area contributed by atoms with Crippen LogP contribution in [0, 0.1) is 11.8 Å². The zero-order chi connectivity index (χ0) is 10.6. The molecule has 1 saturated carbocycles. The molecule has 0 radical (unpaired) electrons. The van der Waals surface area contributed by atoms with Crippen LogP contribution in [0.3, 0.4) is 0 Å². The van der Waals surface area contributed by atoms with Crippen molar-refractivity contribution in [1.29, 1.82) is 0 Å². The second kappa shape index (κ2) is 4.98. The van der Waals surface area contributed by atoms with Gasteiger partial charge in [0.1, 0.15) is 6.54 Å². The number of carboxylic acids is 1. The van der Waals surface area contributed by atoms with E-state index in [1.807, 2.05) is 0 Å². The highest BCUT2D eigenvalue weighted by atomic mass is 16.4. The molecule has 1 fully saturated rings. The maximum atomic E-state index is 11.5. The molecule has 1 rings (SSSR count). The Bertz CT molecular complexity index is 227. The minimum absolute atomic E-state index is 0.0168. The molecule has 0 spiro atoms. The molecular formula is C10H17NO3. The maximum absolute atomic E-state index is 11.5. The largest absolute Gasteiger partial charge is 0.480 e. The van der Waals surface area contributed by atoms with Crippen molar-refractivity contribution in [3.05, 3.63) is 0 Å². The van der Waals surface area contributed by atoms with Crippen LogP contribution in [0.4, 0.5) is 0 Å². The van der Waals surface area contributed by atoms with Gasteiger partial charge in [-0.1, -0.05) is 19.8 Å². The van der Waals surface area contributed by atoms with Gasteiger partial charge in [0.05, 0.1) is 0 Å². The SMILES string of the molecule is C[C@H]1CCCC[C@H]1C(=O)NCC(=O)O. The van der Waals surface area contributed by atoms with E-state index in [1.165, 1.54) is 6.42 Å².